The first kappa shape index (κ1) is 23.9. The monoisotopic (exact) mass is 470 g/mol. The fraction of sp³-hybridized carbons (Fsp3) is 0.480. The van der Waals surface area contributed by atoms with Gasteiger partial charge in [0.15, 0.2) is 0 Å². The molecular formula is C25H34N4O3S. The highest BCUT2D eigenvalue weighted by atomic mass is 32.2. The van der Waals surface area contributed by atoms with Crippen molar-refractivity contribution >= 4 is 15.9 Å². The third-order valence-corrected chi connectivity index (χ3v) is 8.49. The number of likely N-dealkylation sites (N-methyl/N-ethyl adjacent to an activating group) is 1. The summed E-state index contributed by atoms with van der Waals surface area (Å²) in [7, 11) is -1.55. The van der Waals surface area contributed by atoms with Crippen LogP contribution in [0.15, 0.2) is 59.5 Å². The molecule has 7 nitrogen and oxygen atoms in total. The molecule has 2 saturated heterocycles. The van der Waals surface area contributed by atoms with Crippen molar-refractivity contribution in [1.82, 2.24) is 19.4 Å². The minimum Gasteiger partial charge on any atom is -0.351 e. The Bertz CT molecular complexity index is 1040. The van der Waals surface area contributed by atoms with E-state index in [0.717, 1.165) is 51.1 Å². The van der Waals surface area contributed by atoms with Gasteiger partial charge in [-0.1, -0.05) is 48.9 Å². The Morgan fingerprint density at radius 2 is 1.67 bits per heavy atom. The van der Waals surface area contributed by atoms with E-state index >= 15 is 0 Å². The fourth-order valence-corrected chi connectivity index (χ4v) is 6.27. The van der Waals surface area contributed by atoms with Crippen LogP contribution in [0.3, 0.4) is 0 Å². The number of piperidine rings is 1. The van der Waals surface area contributed by atoms with E-state index in [0.29, 0.717) is 19.5 Å². The van der Waals surface area contributed by atoms with Crippen molar-refractivity contribution in [3.8, 4) is 0 Å². The van der Waals surface area contributed by atoms with Crippen molar-refractivity contribution < 1.29 is 13.2 Å². The molecule has 1 atom stereocenters. The van der Waals surface area contributed by atoms with E-state index in [-0.39, 0.29) is 10.8 Å². The number of sulfonamides is 1. The van der Waals surface area contributed by atoms with Crippen molar-refractivity contribution in [3.63, 3.8) is 0 Å². The first-order valence-corrected chi connectivity index (χ1v) is 13.2. The van der Waals surface area contributed by atoms with E-state index in [1.54, 1.807) is 30.3 Å². The van der Waals surface area contributed by atoms with Gasteiger partial charge >= 0.3 is 0 Å². The lowest BCUT2D eigenvalue weighted by Gasteiger charge is -2.33. The SMILES string of the molecule is CN1CCN(Cc2cccc(CNC(=O)C3CCCCN3S(=O)(=O)c3ccccc3)c2)CC1. The summed E-state index contributed by atoms with van der Waals surface area (Å²) in [6.45, 7) is 5.96. The molecule has 0 radical (unpaired) electrons. The van der Waals surface area contributed by atoms with E-state index in [1.807, 2.05) is 12.1 Å². The summed E-state index contributed by atoms with van der Waals surface area (Å²) in [6.07, 6.45) is 2.16. The smallest absolute Gasteiger partial charge is 0.243 e. The topological polar surface area (TPSA) is 73.0 Å². The number of carbonyl (C=O) groups excluding carboxylic acids is 1. The third kappa shape index (κ3) is 6.00. The zero-order chi connectivity index (χ0) is 23.3. The van der Waals surface area contributed by atoms with Crippen molar-refractivity contribution in [1.29, 1.82) is 0 Å². The van der Waals surface area contributed by atoms with Gasteiger partial charge in [0, 0.05) is 45.8 Å². The average molecular weight is 471 g/mol. The highest BCUT2D eigenvalue weighted by Crippen LogP contribution is 2.25. The van der Waals surface area contributed by atoms with Gasteiger partial charge in [0.1, 0.15) is 6.04 Å². The van der Waals surface area contributed by atoms with Gasteiger partial charge in [0.05, 0.1) is 4.90 Å². The van der Waals surface area contributed by atoms with E-state index < -0.39 is 16.1 Å². The van der Waals surface area contributed by atoms with Crippen LogP contribution in [-0.2, 0) is 27.9 Å². The molecule has 1 unspecified atom stereocenters. The fourth-order valence-electron chi connectivity index (χ4n) is 4.59. The summed E-state index contributed by atoms with van der Waals surface area (Å²) in [5, 5.41) is 2.99. The number of amides is 1. The summed E-state index contributed by atoms with van der Waals surface area (Å²) < 4.78 is 27.7. The van der Waals surface area contributed by atoms with Gasteiger partial charge in [-0.25, -0.2) is 8.42 Å². The molecule has 0 bridgehead atoms. The lowest BCUT2D eigenvalue weighted by atomic mass is 10.0. The highest BCUT2D eigenvalue weighted by Gasteiger charge is 2.37. The standard InChI is InChI=1S/C25H34N4O3S/c1-27-14-16-28(17-15-27)20-22-9-7-8-21(18-22)19-26-25(30)24-12-5-6-13-29(24)33(31,32)23-10-3-2-4-11-23/h2-4,7-11,18,24H,5-6,12-17,19-20H2,1H3,(H,26,30). The van der Waals surface area contributed by atoms with E-state index in [4.69, 9.17) is 0 Å². The van der Waals surface area contributed by atoms with Gasteiger partial charge in [-0.15, -0.1) is 0 Å². The number of hydrogen-bond acceptors (Lipinski definition) is 5. The van der Waals surface area contributed by atoms with Crippen molar-refractivity contribution in [2.75, 3.05) is 39.8 Å². The summed E-state index contributed by atoms with van der Waals surface area (Å²) in [4.78, 5) is 18.1. The predicted molar refractivity (Wildman–Crippen MR) is 129 cm³/mol. The van der Waals surface area contributed by atoms with Crippen LogP contribution >= 0.6 is 0 Å². The number of nitrogens with one attached hydrogen (secondary N) is 1. The number of rotatable bonds is 7. The van der Waals surface area contributed by atoms with E-state index in [1.165, 1.54) is 9.87 Å². The van der Waals surface area contributed by atoms with Crippen LogP contribution in [0.2, 0.25) is 0 Å². The van der Waals surface area contributed by atoms with Gasteiger partial charge in [0.25, 0.3) is 0 Å². The normalized spacial score (nSPS) is 21.1. The molecule has 0 aromatic heterocycles. The van der Waals surface area contributed by atoms with Crippen LogP contribution in [0.1, 0.15) is 30.4 Å². The minimum atomic E-state index is -3.70. The Hall–Kier alpha value is -2.26. The Morgan fingerprint density at radius 1 is 0.939 bits per heavy atom. The molecule has 4 rings (SSSR count). The largest absolute Gasteiger partial charge is 0.351 e. The van der Waals surface area contributed by atoms with Crippen LogP contribution in [0, 0.1) is 0 Å². The second-order valence-electron chi connectivity index (χ2n) is 9.06. The quantitative estimate of drug-likeness (QED) is 0.672. The maximum atomic E-state index is 13.2. The van der Waals surface area contributed by atoms with Crippen LogP contribution in [0.25, 0.3) is 0 Å². The average Bonchev–Trinajstić information content (AvgIpc) is 2.85. The Balaban J connectivity index is 1.38. The van der Waals surface area contributed by atoms with Crippen LogP contribution < -0.4 is 5.32 Å². The number of carbonyl (C=O) groups is 1. The van der Waals surface area contributed by atoms with Crippen LogP contribution in [0.4, 0.5) is 0 Å². The van der Waals surface area contributed by atoms with Gasteiger partial charge in [-0.2, -0.15) is 4.31 Å². The molecule has 8 heteroatoms. The summed E-state index contributed by atoms with van der Waals surface area (Å²) >= 11 is 0. The van der Waals surface area contributed by atoms with Crippen molar-refractivity contribution in [2.24, 2.45) is 0 Å². The number of piperazine rings is 1. The highest BCUT2D eigenvalue weighted by molar-refractivity contribution is 7.89. The molecule has 33 heavy (non-hydrogen) atoms. The van der Waals surface area contributed by atoms with Gasteiger partial charge in [-0.3, -0.25) is 9.69 Å². The molecule has 1 N–H and O–H groups in total. The Kier molecular flexibility index (Phi) is 7.80. The molecule has 178 valence electrons. The van der Waals surface area contributed by atoms with E-state index in [9.17, 15) is 13.2 Å². The molecule has 2 aliphatic heterocycles. The molecule has 2 aromatic carbocycles. The first-order chi connectivity index (χ1) is 15.9. The summed E-state index contributed by atoms with van der Waals surface area (Å²) in [5.74, 6) is -0.223. The van der Waals surface area contributed by atoms with Gasteiger partial charge in [0.2, 0.25) is 15.9 Å². The molecule has 2 aromatic rings. The predicted octanol–water partition coefficient (Wildman–Crippen LogP) is 2.29. The zero-order valence-electron chi connectivity index (χ0n) is 19.3. The number of hydrogen-bond donors (Lipinski definition) is 1. The Morgan fingerprint density at radius 3 is 2.42 bits per heavy atom. The van der Waals surface area contributed by atoms with Crippen molar-refractivity contribution in [2.45, 2.75) is 43.3 Å². The second kappa shape index (κ2) is 10.8. The molecule has 0 aliphatic carbocycles. The lowest BCUT2D eigenvalue weighted by Crippen LogP contribution is -2.51. The van der Waals surface area contributed by atoms with Crippen molar-refractivity contribution in [3.05, 3.63) is 65.7 Å². The van der Waals surface area contributed by atoms with Gasteiger partial charge in [-0.05, 0) is 43.1 Å². The molecule has 0 saturated carbocycles. The lowest BCUT2D eigenvalue weighted by molar-refractivity contribution is -0.125. The first-order valence-electron chi connectivity index (χ1n) is 11.8. The summed E-state index contributed by atoms with van der Waals surface area (Å²) in [6, 6.07) is 16.0. The van der Waals surface area contributed by atoms with Crippen LogP contribution in [0.5, 0.6) is 0 Å². The minimum absolute atomic E-state index is 0.223. The molecule has 2 heterocycles. The zero-order valence-corrected chi connectivity index (χ0v) is 20.1. The number of nitrogens with zero attached hydrogens (tertiary/aromatic N) is 3. The second-order valence-corrected chi connectivity index (χ2v) is 10.9. The molecular weight excluding hydrogens is 436 g/mol. The maximum Gasteiger partial charge on any atom is 0.243 e. The molecule has 0 spiro atoms. The van der Waals surface area contributed by atoms with Gasteiger partial charge < -0.3 is 10.2 Å². The molecule has 1 amide bonds. The number of benzene rings is 2. The maximum absolute atomic E-state index is 13.2. The summed E-state index contributed by atoms with van der Waals surface area (Å²) in [5.41, 5.74) is 2.26. The Labute approximate surface area is 197 Å². The van der Waals surface area contributed by atoms with E-state index in [2.05, 4.69) is 34.3 Å². The molecule has 2 fully saturated rings. The molecule has 2 aliphatic rings. The third-order valence-electron chi connectivity index (χ3n) is 6.57. The van der Waals surface area contributed by atoms with Crippen LogP contribution in [-0.4, -0.2) is 74.2 Å².